The van der Waals surface area contributed by atoms with E-state index in [1.807, 2.05) is 40.6 Å². The van der Waals surface area contributed by atoms with Crippen molar-refractivity contribution in [2.75, 3.05) is 20.8 Å². The molecule has 0 radical (unpaired) electrons. The van der Waals surface area contributed by atoms with Crippen LogP contribution >= 0.6 is 11.3 Å². The van der Waals surface area contributed by atoms with Crippen LogP contribution in [0.25, 0.3) is 10.8 Å². The molecule has 30 heavy (non-hydrogen) atoms. The zero-order chi connectivity index (χ0) is 21.1. The first-order chi connectivity index (χ1) is 14.6. The summed E-state index contributed by atoms with van der Waals surface area (Å²) in [6.45, 7) is 0.850. The zero-order valence-electron chi connectivity index (χ0n) is 16.9. The maximum absolute atomic E-state index is 13.0. The summed E-state index contributed by atoms with van der Waals surface area (Å²) in [5.41, 5.74) is 0.961. The summed E-state index contributed by atoms with van der Waals surface area (Å²) >= 11 is 1.44. The molecule has 0 bridgehead atoms. The number of amides is 1. The molecular formula is C21H23N3O5S. The van der Waals surface area contributed by atoms with Crippen molar-refractivity contribution in [3.05, 3.63) is 51.8 Å². The highest BCUT2D eigenvalue weighted by atomic mass is 32.1. The maximum atomic E-state index is 13.0. The number of rotatable bonds is 7. The standard InChI is InChI=1S/C21H23N3O5S/c1-27-14-7-8-15(17(13-14)28-2)16-5-3-10-23(16)19(25)9-11-24-21(26)29-20(22-24)18-6-4-12-30-18/h4,6-8,12-13,16H,3,5,9-11H2,1-2H3. The van der Waals surface area contributed by atoms with Gasteiger partial charge in [0.1, 0.15) is 11.5 Å². The first kappa shape index (κ1) is 20.2. The third kappa shape index (κ3) is 3.97. The number of ether oxygens (including phenoxy) is 2. The van der Waals surface area contributed by atoms with Crippen LogP contribution in [0.15, 0.2) is 44.9 Å². The van der Waals surface area contributed by atoms with Gasteiger partial charge in [0.2, 0.25) is 5.91 Å². The van der Waals surface area contributed by atoms with Crippen molar-refractivity contribution in [3.8, 4) is 22.3 Å². The van der Waals surface area contributed by atoms with Crippen molar-refractivity contribution in [2.45, 2.75) is 31.8 Å². The van der Waals surface area contributed by atoms with E-state index in [-0.39, 0.29) is 30.8 Å². The van der Waals surface area contributed by atoms with E-state index in [2.05, 4.69) is 5.10 Å². The summed E-state index contributed by atoms with van der Waals surface area (Å²) < 4.78 is 17.2. The van der Waals surface area contributed by atoms with Crippen LogP contribution in [-0.4, -0.2) is 41.4 Å². The van der Waals surface area contributed by atoms with Gasteiger partial charge >= 0.3 is 5.76 Å². The fourth-order valence-electron chi connectivity index (χ4n) is 3.77. The summed E-state index contributed by atoms with van der Waals surface area (Å²) in [6.07, 6.45) is 1.95. The Hall–Kier alpha value is -3.07. The minimum absolute atomic E-state index is 0.0251. The minimum atomic E-state index is -0.555. The molecule has 1 aromatic carbocycles. The second kappa shape index (κ2) is 8.74. The summed E-state index contributed by atoms with van der Waals surface area (Å²) in [6, 6.07) is 9.29. The molecule has 158 valence electrons. The molecule has 0 saturated carbocycles. The predicted octanol–water partition coefficient (Wildman–Crippen LogP) is 3.34. The van der Waals surface area contributed by atoms with Crippen molar-refractivity contribution in [1.82, 2.24) is 14.7 Å². The molecule has 9 heteroatoms. The van der Waals surface area contributed by atoms with Gasteiger partial charge in [-0.1, -0.05) is 6.07 Å². The van der Waals surface area contributed by atoms with Crippen molar-refractivity contribution in [2.24, 2.45) is 0 Å². The van der Waals surface area contributed by atoms with E-state index in [1.54, 1.807) is 14.2 Å². The van der Waals surface area contributed by atoms with E-state index in [9.17, 15) is 9.59 Å². The molecular weight excluding hydrogens is 406 g/mol. The third-order valence-electron chi connectivity index (χ3n) is 5.25. The Kier molecular flexibility index (Phi) is 5.89. The molecule has 8 nitrogen and oxygen atoms in total. The van der Waals surface area contributed by atoms with Crippen LogP contribution in [-0.2, 0) is 11.3 Å². The summed E-state index contributed by atoms with van der Waals surface area (Å²) in [5, 5.41) is 6.11. The molecule has 2 aromatic heterocycles. The molecule has 0 N–H and O–H groups in total. The molecule has 4 rings (SSSR count). The lowest BCUT2D eigenvalue weighted by Crippen LogP contribution is -2.32. The van der Waals surface area contributed by atoms with Crippen molar-refractivity contribution >= 4 is 17.2 Å². The van der Waals surface area contributed by atoms with Gasteiger partial charge in [-0.05, 0) is 36.4 Å². The molecule has 3 heterocycles. The van der Waals surface area contributed by atoms with Crippen molar-refractivity contribution < 1.29 is 18.7 Å². The van der Waals surface area contributed by atoms with Gasteiger partial charge in [0, 0.05) is 24.6 Å². The zero-order valence-corrected chi connectivity index (χ0v) is 17.7. The van der Waals surface area contributed by atoms with E-state index in [0.717, 1.165) is 23.3 Å². The van der Waals surface area contributed by atoms with Crippen LogP contribution in [0.1, 0.15) is 30.9 Å². The number of hydrogen-bond donors (Lipinski definition) is 0. The first-order valence-electron chi connectivity index (χ1n) is 9.74. The molecule has 0 aliphatic carbocycles. The van der Waals surface area contributed by atoms with Crippen LogP contribution in [0.2, 0.25) is 0 Å². The Labute approximate surface area is 177 Å². The summed E-state index contributed by atoms with van der Waals surface area (Å²) in [7, 11) is 3.22. The van der Waals surface area contributed by atoms with E-state index >= 15 is 0 Å². The van der Waals surface area contributed by atoms with Gasteiger partial charge in [-0.15, -0.1) is 16.4 Å². The van der Waals surface area contributed by atoms with Crippen LogP contribution in [0.4, 0.5) is 0 Å². The number of hydrogen-bond acceptors (Lipinski definition) is 7. The summed E-state index contributed by atoms with van der Waals surface area (Å²) in [5.74, 6) is 1.11. The van der Waals surface area contributed by atoms with E-state index in [0.29, 0.717) is 18.0 Å². The molecule has 0 spiro atoms. The Balaban J connectivity index is 1.47. The highest BCUT2D eigenvalue weighted by Gasteiger charge is 2.32. The highest BCUT2D eigenvalue weighted by molar-refractivity contribution is 7.13. The fraction of sp³-hybridized carbons (Fsp3) is 0.381. The van der Waals surface area contributed by atoms with E-state index < -0.39 is 5.76 Å². The Bertz CT molecular complexity index is 1070. The third-order valence-corrected chi connectivity index (χ3v) is 6.11. The first-order valence-corrected chi connectivity index (χ1v) is 10.6. The number of nitrogens with zero attached hydrogens (tertiary/aromatic N) is 3. The number of aryl methyl sites for hydroxylation is 1. The molecule has 3 aromatic rings. The second-order valence-corrected chi connectivity index (χ2v) is 7.92. The number of likely N-dealkylation sites (tertiary alicyclic amines) is 1. The molecule has 1 fully saturated rings. The van der Waals surface area contributed by atoms with Crippen LogP contribution in [0, 0.1) is 0 Å². The lowest BCUT2D eigenvalue weighted by Gasteiger charge is -2.26. The van der Waals surface area contributed by atoms with Gasteiger partial charge in [0.05, 0.1) is 31.7 Å². The normalized spacial score (nSPS) is 16.1. The number of thiophene rings is 1. The van der Waals surface area contributed by atoms with Gasteiger partial charge in [0.15, 0.2) is 0 Å². The van der Waals surface area contributed by atoms with Gasteiger partial charge < -0.3 is 18.8 Å². The average Bonchev–Trinajstić information content (AvgIpc) is 3.52. The summed E-state index contributed by atoms with van der Waals surface area (Å²) in [4.78, 5) is 27.7. The largest absolute Gasteiger partial charge is 0.497 e. The van der Waals surface area contributed by atoms with Crippen LogP contribution < -0.4 is 15.2 Å². The number of benzene rings is 1. The SMILES string of the molecule is COc1ccc(C2CCCN2C(=O)CCn2nc(-c3cccs3)oc2=O)c(OC)c1. The second-order valence-electron chi connectivity index (χ2n) is 6.98. The molecule has 1 saturated heterocycles. The molecule has 1 amide bonds. The molecule has 1 unspecified atom stereocenters. The highest BCUT2D eigenvalue weighted by Crippen LogP contribution is 2.39. The number of carbonyl (C=O) groups is 1. The number of carbonyl (C=O) groups excluding carboxylic acids is 1. The quantitative estimate of drug-likeness (QED) is 0.573. The van der Waals surface area contributed by atoms with Crippen molar-refractivity contribution in [3.63, 3.8) is 0 Å². The molecule has 1 aliphatic heterocycles. The van der Waals surface area contributed by atoms with Gasteiger partial charge in [-0.2, -0.15) is 4.68 Å². The van der Waals surface area contributed by atoms with Gasteiger partial charge in [-0.3, -0.25) is 4.79 Å². The average molecular weight is 429 g/mol. The van der Waals surface area contributed by atoms with E-state index in [1.165, 1.54) is 16.0 Å². The maximum Gasteiger partial charge on any atom is 0.437 e. The lowest BCUT2D eigenvalue weighted by molar-refractivity contribution is -0.132. The van der Waals surface area contributed by atoms with Crippen LogP contribution in [0.3, 0.4) is 0 Å². The monoisotopic (exact) mass is 429 g/mol. The Morgan fingerprint density at radius 3 is 2.90 bits per heavy atom. The van der Waals surface area contributed by atoms with Gasteiger partial charge in [0.25, 0.3) is 5.89 Å². The van der Waals surface area contributed by atoms with Crippen molar-refractivity contribution in [1.29, 1.82) is 0 Å². The Morgan fingerprint density at radius 1 is 1.30 bits per heavy atom. The predicted molar refractivity (Wildman–Crippen MR) is 112 cm³/mol. The lowest BCUT2D eigenvalue weighted by atomic mass is 10.0. The molecule has 1 atom stereocenters. The minimum Gasteiger partial charge on any atom is -0.497 e. The smallest absolute Gasteiger partial charge is 0.437 e. The van der Waals surface area contributed by atoms with E-state index in [4.69, 9.17) is 13.9 Å². The fourth-order valence-corrected chi connectivity index (χ4v) is 4.42. The van der Waals surface area contributed by atoms with Crippen LogP contribution in [0.5, 0.6) is 11.5 Å². The topological polar surface area (TPSA) is 86.8 Å². The molecule has 1 aliphatic rings. The number of aromatic nitrogens is 2. The Morgan fingerprint density at radius 2 is 2.17 bits per heavy atom. The van der Waals surface area contributed by atoms with Gasteiger partial charge in [-0.25, -0.2) is 4.79 Å². The number of methoxy groups -OCH3 is 2.